The highest BCUT2D eigenvalue weighted by molar-refractivity contribution is 9.10. The summed E-state index contributed by atoms with van der Waals surface area (Å²) in [6, 6.07) is 18.0. The van der Waals surface area contributed by atoms with Crippen molar-refractivity contribution >= 4 is 83.3 Å². The molecule has 0 radical (unpaired) electrons. The van der Waals surface area contributed by atoms with E-state index in [2.05, 4.69) is 43.8 Å². The topological polar surface area (TPSA) is 129 Å². The van der Waals surface area contributed by atoms with Gasteiger partial charge in [-0.25, -0.2) is 17.9 Å². The summed E-state index contributed by atoms with van der Waals surface area (Å²) in [4.78, 5) is 29.5. The van der Waals surface area contributed by atoms with Crippen LogP contribution in [0.4, 0.5) is 27.5 Å². The van der Waals surface area contributed by atoms with Gasteiger partial charge in [0, 0.05) is 33.1 Å². The molecular weight excluding hydrogens is 590 g/mol. The Kier molecular flexibility index (Phi) is 8.55. The lowest BCUT2D eigenvalue weighted by atomic mass is 10.1. The molecule has 4 aromatic rings. The number of amides is 3. The Morgan fingerprint density at radius 3 is 2.50 bits per heavy atom. The third kappa shape index (κ3) is 6.82. The molecule has 9 nitrogen and oxygen atoms in total. The summed E-state index contributed by atoms with van der Waals surface area (Å²) in [5.41, 5.74) is 2.60. The summed E-state index contributed by atoms with van der Waals surface area (Å²) in [5, 5.41) is 9.21. The van der Waals surface area contributed by atoms with Crippen molar-refractivity contribution in [2.75, 3.05) is 21.7 Å². The second-order valence-electron chi connectivity index (χ2n) is 8.06. The molecule has 4 rings (SSSR count). The number of nitrogens with zero attached hydrogens (tertiary/aromatic N) is 1. The number of urea groups is 1. The molecule has 3 aromatic carbocycles. The lowest BCUT2D eigenvalue weighted by Gasteiger charge is -2.17. The van der Waals surface area contributed by atoms with Crippen LogP contribution in [0.3, 0.4) is 0 Å². The molecule has 1 heterocycles. The molecule has 12 heteroatoms. The maximum Gasteiger partial charge on any atom is 0.333 e. The van der Waals surface area contributed by atoms with E-state index in [0.717, 1.165) is 26.2 Å². The van der Waals surface area contributed by atoms with Gasteiger partial charge < -0.3 is 16.0 Å². The van der Waals surface area contributed by atoms with Gasteiger partial charge >= 0.3 is 6.03 Å². The van der Waals surface area contributed by atoms with Crippen LogP contribution in [0.15, 0.2) is 87.2 Å². The van der Waals surface area contributed by atoms with Crippen molar-refractivity contribution in [1.82, 2.24) is 9.71 Å². The van der Waals surface area contributed by atoms with E-state index in [0.29, 0.717) is 16.9 Å². The van der Waals surface area contributed by atoms with E-state index >= 15 is 0 Å². The molecule has 38 heavy (non-hydrogen) atoms. The van der Waals surface area contributed by atoms with E-state index in [1.165, 1.54) is 31.3 Å². The molecule has 196 valence electrons. The zero-order valence-electron chi connectivity index (χ0n) is 20.4. The van der Waals surface area contributed by atoms with Crippen molar-refractivity contribution < 1.29 is 18.0 Å². The molecular formula is C26H24BrN5O4S2. The Bertz CT molecular complexity index is 1630. The number of benzene rings is 3. The number of pyridine rings is 1. The lowest BCUT2D eigenvalue weighted by Crippen LogP contribution is -2.34. The van der Waals surface area contributed by atoms with Gasteiger partial charge in [-0.1, -0.05) is 35.0 Å². The second kappa shape index (κ2) is 11.8. The van der Waals surface area contributed by atoms with Gasteiger partial charge in [-0.15, -0.1) is 11.8 Å². The summed E-state index contributed by atoms with van der Waals surface area (Å²) in [5.74, 6) is 0.573. The van der Waals surface area contributed by atoms with Crippen molar-refractivity contribution in [2.24, 2.45) is 0 Å². The smallest absolute Gasteiger partial charge is 0.333 e. The quantitative estimate of drug-likeness (QED) is 0.171. The van der Waals surface area contributed by atoms with Gasteiger partial charge in [-0.05, 0) is 60.4 Å². The monoisotopic (exact) mass is 613 g/mol. The maximum absolute atomic E-state index is 12.9. The Hall–Kier alpha value is -3.61. The summed E-state index contributed by atoms with van der Waals surface area (Å²) >= 11 is 5.18. The third-order valence-electron chi connectivity index (χ3n) is 5.18. The van der Waals surface area contributed by atoms with Gasteiger partial charge in [0.05, 0.1) is 28.0 Å². The first kappa shape index (κ1) is 27.4. The highest BCUT2D eigenvalue weighted by Gasteiger charge is 2.20. The van der Waals surface area contributed by atoms with Gasteiger partial charge in [-0.3, -0.25) is 9.78 Å². The lowest BCUT2D eigenvalue weighted by molar-refractivity contribution is -0.114. The number of rotatable bonds is 8. The van der Waals surface area contributed by atoms with Crippen LogP contribution in [0.1, 0.15) is 13.8 Å². The highest BCUT2D eigenvalue weighted by atomic mass is 79.9. The van der Waals surface area contributed by atoms with Crippen LogP contribution >= 0.6 is 27.7 Å². The van der Waals surface area contributed by atoms with E-state index in [1.807, 2.05) is 47.2 Å². The zero-order valence-corrected chi connectivity index (χ0v) is 23.6. The van der Waals surface area contributed by atoms with Gasteiger partial charge in [0.2, 0.25) is 5.91 Å². The summed E-state index contributed by atoms with van der Waals surface area (Å²) in [6.07, 6.45) is 1.47. The molecule has 0 saturated heterocycles. The predicted octanol–water partition coefficient (Wildman–Crippen LogP) is 6.32. The number of fused-ring (bicyclic) bond motifs is 1. The number of carbonyl (C=O) groups excluding carboxylic acids is 2. The minimum Gasteiger partial charge on any atom is -0.353 e. The average Bonchev–Trinajstić information content (AvgIpc) is 2.85. The minimum absolute atomic E-state index is 0.178. The van der Waals surface area contributed by atoms with Gasteiger partial charge in [0.25, 0.3) is 10.0 Å². The van der Waals surface area contributed by atoms with Crippen LogP contribution in [-0.4, -0.2) is 31.1 Å². The van der Waals surface area contributed by atoms with Crippen molar-refractivity contribution in [3.8, 4) is 0 Å². The van der Waals surface area contributed by atoms with Crippen molar-refractivity contribution in [3.63, 3.8) is 0 Å². The number of sulfonamides is 1. The summed E-state index contributed by atoms with van der Waals surface area (Å²) in [6.45, 7) is 3.39. The van der Waals surface area contributed by atoms with Crippen LogP contribution in [-0.2, 0) is 14.8 Å². The second-order valence-corrected chi connectivity index (χ2v) is 12.0. The molecule has 0 aliphatic heterocycles. The number of thioether (sulfide) groups is 1. The summed E-state index contributed by atoms with van der Waals surface area (Å²) < 4.78 is 28.6. The zero-order chi connectivity index (χ0) is 27.3. The number of nitrogens with one attached hydrogen (secondary N) is 4. The fraction of sp³-hybridized carbons (Fsp3) is 0.115. The van der Waals surface area contributed by atoms with Crippen LogP contribution in [0, 0.1) is 0 Å². The standard InChI is InChI=1S/C26H24BrN5O4S2/c1-3-37-20-8-4-6-18(13-20)30-25-22-12-17(27)10-11-23(22)28-15-24(25)31-26(34)32-38(35,36)21-9-5-7-19(14-21)29-16(2)33/h4-15H,3H2,1-2H3,(H,28,30)(H,29,33)(H2,31,32,34). The normalized spacial score (nSPS) is 11.1. The first-order chi connectivity index (χ1) is 18.1. The van der Waals surface area contributed by atoms with Crippen LogP contribution in [0.5, 0.6) is 0 Å². The summed E-state index contributed by atoms with van der Waals surface area (Å²) in [7, 11) is -4.24. The largest absolute Gasteiger partial charge is 0.353 e. The van der Waals surface area contributed by atoms with Crippen LogP contribution < -0.4 is 20.7 Å². The maximum atomic E-state index is 12.9. The number of aromatic nitrogens is 1. The number of hydrogen-bond donors (Lipinski definition) is 4. The molecule has 0 fully saturated rings. The fourth-order valence-electron chi connectivity index (χ4n) is 3.64. The van der Waals surface area contributed by atoms with Gasteiger partial charge in [-0.2, -0.15) is 0 Å². The number of carbonyl (C=O) groups is 2. The van der Waals surface area contributed by atoms with Crippen molar-refractivity contribution in [1.29, 1.82) is 0 Å². The van der Waals surface area contributed by atoms with Crippen LogP contribution in [0.25, 0.3) is 10.9 Å². The van der Waals surface area contributed by atoms with E-state index < -0.39 is 16.1 Å². The van der Waals surface area contributed by atoms with Gasteiger partial charge in [0.1, 0.15) is 0 Å². The highest BCUT2D eigenvalue weighted by Crippen LogP contribution is 2.35. The van der Waals surface area contributed by atoms with Crippen molar-refractivity contribution in [2.45, 2.75) is 23.6 Å². The Labute approximate surface area is 233 Å². The molecule has 0 saturated carbocycles. The molecule has 0 unspecified atom stereocenters. The van der Waals surface area contributed by atoms with E-state index in [9.17, 15) is 18.0 Å². The third-order valence-corrected chi connectivity index (χ3v) is 7.88. The molecule has 0 spiro atoms. The molecule has 0 atom stereocenters. The first-order valence-corrected chi connectivity index (χ1v) is 14.7. The molecule has 4 N–H and O–H groups in total. The first-order valence-electron chi connectivity index (χ1n) is 11.4. The minimum atomic E-state index is -4.24. The van der Waals surface area contributed by atoms with E-state index in [-0.39, 0.29) is 16.5 Å². The molecule has 3 amide bonds. The van der Waals surface area contributed by atoms with E-state index in [4.69, 9.17) is 0 Å². The SMILES string of the molecule is CCSc1cccc(Nc2c(NC(=O)NS(=O)(=O)c3cccc(NC(C)=O)c3)cnc3ccc(Br)cc23)c1. The average molecular weight is 615 g/mol. The number of anilines is 4. The number of hydrogen-bond acceptors (Lipinski definition) is 7. The molecule has 0 aliphatic rings. The van der Waals surface area contributed by atoms with Crippen molar-refractivity contribution in [3.05, 3.63) is 77.4 Å². The Morgan fingerprint density at radius 1 is 0.974 bits per heavy atom. The fourth-order valence-corrected chi connectivity index (χ4v) is 5.67. The van der Waals surface area contributed by atoms with E-state index in [1.54, 1.807) is 17.8 Å². The molecule has 1 aromatic heterocycles. The van der Waals surface area contributed by atoms with Gasteiger partial charge in [0.15, 0.2) is 0 Å². The van der Waals surface area contributed by atoms with Crippen LogP contribution in [0.2, 0.25) is 0 Å². The Morgan fingerprint density at radius 2 is 1.74 bits per heavy atom. The predicted molar refractivity (Wildman–Crippen MR) is 156 cm³/mol. The molecule has 0 bridgehead atoms. The Balaban J connectivity index is 1.64. The number of halogens is 1. The molecule has 0 aliphatic carbocycles.